The van der Waals surface area contributed by atoms with Crippen LogP contribution in [0.4, 0.5) is 5.69 Å². The molecule has 2 atom stereocenters. The zero-order valence-corrected chi connectivity index (χ0v) is 19.0. The average molecular weight is 450 g/mol. The Morgan fingerprint density at radius 3 is 2.47 bits per heavy atom. The van der Waals surface area contributed by atoms with Gasteiger partial charge in [0.25, 0.3) is 5.91 Å². The lowest BCUT2D eigenvalue weighted by molar-refractivity contribution is -0.149. The molecular formula is C23H25Cl2NO4. The van der Waals surface area contributed by atoms with E-state index in [1.807, 2.05) is 45.0 Å². The van der Waals surface area contributed by atoms with Crippen molar-refractivity contribution < 1.29 is 19.1 Å². The van der Waals surface area contributed by atoms with Gasteiger partial charge >= 0.3 is 5.97 Å². The predicted molar refractivity (Wildman–Crippen MR) is 118 cm³/mol. The van der Waals surface area contributed by atoms with Crippen molar-refractivity contribution in [1.29, 1.82) is 0 Å². The van der Waals surface area contributed by atoms with Gasteiger partial charge in [0.15, 0.2) is 0 Å². The van der Waals surface area contributed by atoms with Gasteiger partial charge in [-0.2, -0.15) is 0 Å². The minimum absolute atomic E-state index is 0.188. The fraction of sp³-hybridized carbons (Fsp3) is 0.391. The molecule has 3 rings (SSSR count). The number of ether oxygens (including phenoxy) is 2. The highest BCUT2D eigenvalue weighted by molar-refractivity contribution is 6.31. The zero-order chi connectivity index (χ0) is 22.1. The molecule has 2 aromatic carbocycles. The van der Waals surface area contributed by atoms with E-state index in [9.17, 15) is 9.59 Å². The Balaban J connectivity index is 2.20. The minimum Gasteiger partial charge on any atom is -0.469 e. The first-order valence-electron chi connectivity index (χ1n) is 9.68. The van der Waals surface area contributed by atoms with E-state index in [2.05, 4.69) is 0 Å². The van der Waals surface area contributed by atoms with E-state index in [4.69, 9.17) is 32.7 Å². The Hall–Kier alpha value is -2.08. The fourth-order valence-electron chi connectivity index (χ4n) is 3.51. The van der Waals surface area contributed by atoms with Crippen LogP contribution in [-0.4, -0.2) is 31.6 Å². The molecule has 0 bridgehead atoms. The minimum atomic E-state index is -1.02. The molecule has 0 unspecified atom stereocenters. The molecule has 1 amide bonds. The smallest absolute Gasteiger partial charge is 0.308 e. The van der Waals surface area contributed by atoms with Gasteiger partial charge in [-0.05, 0) is 29.7 Å². The summed E-state index contributed by atoms with van der Waals surface area (Å²) in [5, 5.41) is 1.02. The molecule has 0 spiro atoms. The number of rotatable bonds is 4. The van der Waals surface area contributed by atoms with Crippen LogP contribution in [0.2, 0.25) is 10.0 Å². The summed E-state index contributed by atoms with van der Waals surface area (Å²) < 4.78 is 11.1. The maximum Gasteiger partial charge on any atom is 0.308 e. The number of hydrogen-bond donors (Lipinski definition) is 0. The van der Waals surface area contributed by atoms with Crippen LogP contribution in [0.15, 0.2) is 42.5 Å². The first-order chi connectivity index (χ1) is 14.1. The second-order valence-electron chi connectivity index (χ2n) is 8.49. The lowest BCUT2D eigenvalue weighted by Crippen LogP contribution is -2.44. The van der Waals surface area contributed by atoms with Crippen molar-refractivity contribution in [3.8, 4) is 0 Å². The van der Waals surface area contributed by atoms with Crippen LogP contribution in [0.25, 0.3) is 0 Å². The summed E-state index contributed by atoms with van der Waals surface area (Å²) in [6.07, 6.45) is -1.89. The van der Waals surface area contributed by atoms with Crippen molar-refractivity contribution in [2.24, 2.45) is 5.41 Å². The number of halogens is 2. The quantitative estimate of drug-likeness (QED) is 0.584. The molecule has 0 saturated heterocycles. The maximum atomic E-state index is 13.5. The van der Waals surface area contributed by atoms with E-state index in [1.54, 1.807) is 23.1 Å². The molecule has 1 heterocycles. The van der Waals surface area contributed by atoms with E-state index in [1.165, 1.54) is 7.11 Å². The number of carbonyl (C=O) groups is 2. The van der Waals surface area contributed by atoms with Crippen molar-refractivity contribution in [1.82, 2.24) is 0 Å². The van der Waals surface area contributed by atoms with E-state index >= 15 is 0 Å². The molecule has 0 radical (unpaired) electrons. The third-order valence-electron chi connectivity index (χ3n) is 4.80. The standard InChI is InChI=1S/C23H25Cl2NO4/c1-23(2,3)13-26-18-10-9-14(24)11-16(18)21(15-7-5-6-8-17(15)25)30-19(22(26)28)12-20(27)29-4/h5-11,19,21H,12-13H2,1-4H3/t19-,21-/m1/s1. The van der Waals surface area contributed by atoms with Gasteiger partial charge in [0.1, 0.15) is 12.2 Å². The zero-order valence-electron chi connectivity index (χ0n) is 17.4. The van der Waals surface area contributed by atoms with Crippen LogP contribution in [0, 0.1) is 5.41 Å². The summed E-state index contributed by atoms with van der Waals surface area (Å²) in [7, 11) is 1.29. The van der Waals surface area contributed by atoms with E-state index in [-0.39, 0.29) is 17.7 Å². The number of anilines is 1. The fourth-order valence-corrected chi connectivity index (χ4v) is 3.92. The number of carbonyl (C=O) groups excluding carboxylic acids is 2. The van der Waals surface area contributed by atoms with Crippen molar-refractivity contribution in [2.75, 3.05) is 18.6 Å². The molecular weight excluding hydrogens is 425 g/mol. The summed E-state index contributed by atoms with van der Waals surface area (Å²) >= 11 is 12.8. The second-order valence-corrected chi connectivity index (χ2v) is 9.34. The predicted octanol–water partition coefficient (Wildman–Crippen LogP) is 5.42. The Bertz CT molecular complexity index is 954. The van der Waals surface area contributed by atoms with Crippen molar-refractivity contribution in [3.05, 3.63) is 63.6 Å². The molecule has 1 aliphatic heterocycles. The van der Waals surface area contributed by atoms with Crippen LogP contribution in [0.5, 0.6) is 0 Å². The Morgan fingerprint density at radius 2 is 1.83 bits per heavy atom. The van der Waals surface area contributed by atoms with Crippen LogP contribution < -0.4 is 4.90 Å². The highest BCUT2D eigenvalue weighted by atomic mass is 35.5. The largest absolute Gasteiger partial charge is 0.469 e. The Morgan fingerprint density at radius 1 is 1.13 bits per heavy atom. The van der Waals surface area contributed by atoms with Gasteiger partial charge < -0.3 is 14.4 Å². The number of hydrogen-bond acceptors (Lipinski definition) is 4. The highest BCUT2D eigenvalue weighted by Gasteiger charge is 2.39. The number of fused-ring (bicyclic) bond motifs is 1. The molecule has 0 fully saturated rings. The molecule has 160 valence electrons. The van der Waals surface area contributed by atoms with Crippen LogP contribution in [0.3, 0.4) is 0 Å². The molecule has 0 aliphatic carbocycles. The van der Waals surface area contributed by atoms with Crippen molar-refractivity contribution in [2.45, 2.75) is 39.4 Å². The van der Waals surface area contributed by atoms with Crippen molar-refractivity contribution in [3.63, 3.8) is 0 Å². The third kappa shape index (κ3) is 4.97. The second kappa shape index (κ2) is 8.96. The summed E-state index contributed by atoms with van der Waals surface area (Å²) in [4.78, 5) is 27.2. The summed E-state index contributed by atoms with van der Waals surface area (Å²) in [5.74, 6) is -0.820. The number of benzene rings is 2. The highest BCUT2D eigenvalue weighted by Crippen LogP contribution is 2.42. The Kier molecular flexibility index (Phi) is 6.75. The molecule has 1 aliphatic rings. The van der Waals surface area contributed by atoms with Crippen LogP contribution in [-0.2, 0) is 19.1 Å². The lowest BCUT2D eigenvalue weighted by atomic mass is 9.94. The number of nitrogens with zero attached hydrogens (tertiary/aromatic N) is 1. The number of amides is 1. The van der Waals surface area contributed by atoms with Gasteiger partial charge in [-0.25, -0.2) is 0 Å². The first-order valence-corrected chi connectivity index (χ1v) is 10.4. The van der Waals surface area contributed by atoms with Gasteiger partial charge in [0.05, 0.1) is 13.5 Å². The lowest BCUT2D eigenvalue weighted by Gasteiger charge is -2.31. The first kappa shape index (κ1) is 22.6. The summed E-state index contributed by atoms with van der Waals surface area (Å²) in [6.45, 7) is 6.57. The molecule has 30 heavy (non-hydrogen) atoms. The van der Waals surface area contributed by atoms with Gasteiger partial charge in [-0.3, -0.25) is 9.59 Å². The topological polar surface area (TPSA) is 55.8 Å². The van der Waals surface area contributed by atoms with E-state index in [0.29, 0.717) is 27.8 Å². The molecule has 5 nitrogen and oxygen atoms in total. The monoisotopic (exact) mass is 449 g/mol. The van der Waals surface area contributed by atoms with E-state index in [0.717, 1.165) is 5.56 Å². The molecule has 0 saturated carbocycles. The third-order valence-corrected chi connectivity index (χ3v) is 5.38. The summed E-state index contributed by atoms with van der Waals surface area (Å²) in [6, 6.07) is 12.6. The molecule has 2 aromatic rings. The molecule has 0 N–H and O–H groups in total. The molecule has 7 heteroatoms. The van der Waals surface area contributed by atoms with Crippen LogP contribution >= 0.6 is 23.2 Å². The van der Waals surface area contributed by atoms with Gasteiger partial charge in [0, 0.05) is 33.4 Å². The van der Waals surface area contributed by atoms with Gasteiger partial charge in [-0.15, -0.1) is 0 Å². The number of esters is 1. The van der Waals surface area contributed by atoms with Gasteiger partial charge in [-0.1, -0.05) is 62.2 Å². The SMILES string of the molecule is COC(=O)C[C@H]1O[C@H](c2ccccc2Cl)c2cc(Cl)ccc2N(CC(C)(C)C)C1=O. The van der Waals surface area contributed by atoms with Crippen molar-refractivity contribution >= 4 is 40.8 Å². The maximum absolute atomic E-state index is 13.5. The van der Waals surface area contributed by atoms with E-state index < -0.39 is 18.2 Å². The van der Waals surface area contributed by atoms with Gasteiger partial charge in [0.2, 0.25) is 0 Å². The Labute approximate surface area is 186 Å². The average Bonchev–Trinajstić information content (AvgIpc) is 2.77. The van der Waals surface area contributed by atoms with Crippen LogP contribution in [0.1, 0.15) is 44.4 Å². The normalized spacial score (nSPS) is 19.3. The molecule has 0 aromatic heterocycles. The summed E-state index contributed by atoms with van der Waals surface area (Å²) in [5.41, 5.74) is 1.92. The number of methoxy groups -OCH3 is 1.